The first-order valence-corrected chi connectivity index (χ1v) is 13.8. The summed E-state index contributed by atoms with van der Waals surface area (Å²) in [6, 6.07) is 33.6. The van der Waals surface area contributed by atoms with E-state index in [0.717, 1.165) is 40.1 Å². The summed E-state index contributed by atoms with van der Waals surface area (Å²) in [6.45, 7) is 8.01. The number of rotatable bonds is 13. The highest BCUT2D eigenvalue weighted by molar-refractivity contribution is 5.77. The van der Waals surface area contributed by atoms with Crippen LogP contribution in [0, 0.1) is 11.8 Å². The summed E-state index contributed by atoms with van der Waals surface area (Å²) in [5.41, 5.74) is 2.89. The molecule has 0 aliphatic rings. The maximum Gasteiger partial charge on any atom is 0.127 e. The van der Waals surface area contributed by atoms with E-state index in [1.54, 1.807) is 0 Å². The fourth-order valence-electron chi connectivity index (χ4n) is 4.04. The van der Waals surface area contributed by atoms with E-state index >= 15 is 0 Å². The number of hydrogen-bond acceptors (Lipinski definition) is 6. The molecule has 4 atom stereocenters. The number of ether oxygens (including phenoxy) is 3. The molecule has 0 spiro atoms. The molecule has 40 heavy (non-hydrogen) atoms. The van der Waals surface area contributed by atoms with Crippen LogP contribution in [0.5, 0.6) is 23.0 Å². The smallest absolute Gasteiger partial charge is 0.127 e. The van der Waals surface area contributed by atoms with Gasteiger partial charge in [-0.25, -0.2) is 0 Å². The maximum absolute atomic E-state index is 9.45. The molecule has 0 aliphatic carbocycles. The topological polar surface area (TPSA) is 71.4 Å². The van der Waals surface area contributed by atoms with Gasteiger partial charge in [-0.2, -0.15) is 0 Å². The Morgan fingerprint density at radius 1 is 0.500 bits per heavy atom. The Morgan fingerprint density at radius 2 is 0.850 bits per heavy atom. The molecule has 4 rings (SSSR count). The van der Waals surface area contributed by atoms with E-state index in [1.165, 1.54) is 0 Å². The lowest BCUT2D eigenvalue weighted by molar-refractivity contribution is 0.110. The number of nitrogens with zero attached hydrogens (tertiary/aromatic N) is 1. The van der Waals surface area contributed by atoms with Crippen LogP contribution in [0.4, 0.5) is 17.1 Å². The van der Waals surface area contributed by atoms with Crippen LogP contribution in [0.25, 0.3) is 0 Å². The maximum atomic E-state index is 9.45. The summed E-state index contributed by atoms with van der Waals surface area (Å²) in [5, 5.41) is 18.9. The second-order valence-electron chi connectivity index (χ2n) is 10.2. The minimum Gasteiger partial charge on any atom is -0.490 e. The Kier molecular flexibility index (Phi) is 10.1. The average molecular weight is 542 g/mol. The van der Waals surface area contributed by atoms with Crippen molar-refractivity contribution in [2.45, 2.75) is 39.9 Å². The molecule has 0 aromatic heterocycles. The Bertz CT molecular complexity index is 1230. The van der Waals surface area contributed by atoms with E-state index in [-0.39, 0.29) is 37.3 Å². The normalized spacial score (nSPS) is 14.1. The molecule has 4 unspecified atom stereocenters. The highest BCUT2D eigenvalue weighted by atomic mass is 16.5. The zero-order valence-electron chi connectivity index (χ0n) is 23.6. The van der Waals surface area contributed by atoms with Crippen LogP contribution in [0.1, 0.15) is 27.7 Å². The van der Waals surface area contributed by atoms with E-state index in [9.17, 15) is 10.2 Å². The monoisotopic (exact) mass is 541 g/mol. The van der Waals surface area contributed by atoms with Crippen LogP contribution < -0.4 is 19.1 Å². The Labute approximate surface area is 237 Å². The molecule has 6 heteroatoms. The van der Waals surface area contributed by atoms with Crippen molar-refractivity contribution in [2.24, 2.45) is 11.8 Å². The van der Waals surface area contributed by atoms with Crippen molar-refractivity contribution in [3.8, 4) is 23.0 Å². The second-order valence-corrected chi connectivity index (χ2v) is 10.2. The van der Waals surface area contributed by atoms with Gasteiger partial charge in [-0.15, -0.1) is 0 Å². The van der Waals surface area contributed by atoms with Gasteiger partial charge in [-0.1, -0.05) is 32.0 Å². The van der Waals surface area contributed by atoms with Gasteiger partial charge in [0.2, 0.25) is 0 Å². The molecule has 0 radical (unpaired) electrons. The fourth-order valence-corrected chi connectivity index (χ4v) is 4.04. The van der Waals surface area contributed by atoms with Crippen molar-refractivity contribution in [1.29, 1.82) is 0 Å². The van der Waals surface area contributed by atoms with Crippen LogP contribution in [-0.2, 0) is 0 Å². The van der Waals surface area contributed by atoms with E-state index < -0.39 is 0 Å². The standard InChI is InChI=1S/C34H39NO5/c1-24(22-36)26(3)38-32-16-10-28(11-17-32)35(29-12-18-33(19-13-29)39-27(4)25(2)23-37)30-14-20-34(21-15-30)40-31-8-6-5-7-9-31/h5-21,24-27,36-37H,22-23H2,1-4H3. The van der Waals surface area contributed by atoms with Crippen molar-refractivity contribution < 1.29 is 24.4 Å². The number of hydrogen-bond donors (Lipinski definition) is 2. The number of aliphatic hydroxyl groups is 2. The number of anilines is 3. The van der Waals surface area contributed by atoms with E-state index in [0.29, 0.717) is 0 Å². The third-order valence-electron chi connectivity index (χ3n) is 7.09. The summed E-state index contributed by atoms with van der Waals surface area (Å²) in [4.78, 5) is 2.15. The summed E-state index contributed by atoms with van der Waals surface area (Å²) in [5.74, 6) is 3.11. The van der Waals surface area contributed by atoms with E-state index in [4.69, 9.17) is 14.2 Å². The lowest BCUT2D eigenvalue weighted by atomic mass is 10.1. The lowest BCUT2D eigenvalue weighted by Crippen LogP contribution is -2.24. The van der Waals surface area contributed by atoms with Crippen LogP contribution in [0.15, 0.2) is 103 Å². The Hall–Kier alpha value is -4.00. The van der Waals surface area contributed by atoms with Gasteiger partial charge in [0, 0.05) is 42.1 Å². The zero-order chi connectivity index (χ0) is 28.5. The first-order chi connectivity index (χ1) is 19.4. The molecule has 210 valence electrons. The molecule has 0 fully saturated rings. The molecular weight excluding hydrogens is 502 g/mol. The van der Waals surface area contributed by atoms with Crippen molar-refractivity contribution in [3.05, 3.63) is 103 Å². The molecule has 4 aromatic rings. The van der Waals surface area contributed by atoms with Crippen LogP contribution in [-0.4, -0.2) is 35.6 Å². The van der Waals surface area contributed by atoms with Crippen molar-refractivity contribution >= 4 is 17.1 Å². The zero-order valence-corrected chi connectivity index (χ0v) is 23.6. The van der Waals surface area contributed by atoms with Gasteiger partial charge in [0.25, 0.3) is 0 Å². The van der Waals surface area contributed by atoms with Gasteiger partial charge in [-0.05, 0) is 98.8 Å². The summed E-state index contributed by atoms with van der Waals surface area (Å²) >= 11 is 0. The third kappa shape index (κ3) is 7.56. The van der Waals surface area contributed by atoms with Gasteiger partial charge in [0.1, 0.15) is 35.2 Å². The molecule has 0 amide bonds. The van der Waals surface area contributed by atoms with Gasteiger partial charge in [0.15, 0.2) is 0 Å². The largest absolute Gasteiger partial charge is 0.490 e. The van der Waals surface area contributed by atoms with Crippen LogP contribution in [0.2, 0.25) is 0 Å². The molecule has 6 nitrogen and oxygen atoms in total. The summed E-state index contributed by atoms with van der Waals surface area (Å²) in [6.07, 6.45) is -0.208. The molecule has 4 aromatic carbocycles. The highest BCUT2D eigenvalue weighted by Crippen LogP contribution is 2.37. The van der Waals surface area contributed by atoms with E-state index in [2.05, 4.69) is 4.90 Å². The molecule has 0 bridgehead atoms. The van der Waals surface area contributed by atoms with Gasteiger partial charge < -0.3 is 29.3 Å². The summed E-state index contributed by atoms with van der Waals surface area (Å²) in [7, 11) is 0. The van der Waals surface area contributed by atoms with Crippen LogP contribution in [0.3, 0.4) is 0 Å². The molecule has 2 N–H and O–H groups in total. The Balaban J connectivity index is 1.61. The van der Waals surface area contributed by atoms with Crippen molar-refractivity contribution in [2.75, 3.05) is 18.1 Å². The van der Waals surface area contributed by atoms with E-state index in [1.807, 2.05) is 131 Å². The van der Waals surface area contributed by atoms with Gasteiger partial charge in [-0.3, -0.25) is 0 Å². The average Bonchev–Trinajstić information content (AvgIpc) is 2.99. The first kappa shape index (κ1) is 29.0. The fraction of sp³-hybridized carbons (Fsp3) is 0.294. The lowest BCUT2D eigenvalue weighted by Gasteiger charge is -2.27. The SMILES string of the molecule is CC(CO)C(C)Oc1ccc(N(c2ccc(Oc3ccccc3)cc2)c2ccc(OC(C)C(C)CO)cc2)cc1. The predicted octanol–water partition coefficient (Wildman–Crippen LogP) is 7.74. The molecular formula is C34H39NO5. The third-order valence-corrected chi connectivity index (χ3v) is 7.09. The van der Waals surface area contributed by atoms with Crippen LogP contribution >= 0.6 is 0 Å². The molecule has 0 heterocycles. The molecule has 0 saturated heterocycles. The minimum atomic E-state index is -0.104. The highest BCUT2D eigenvalue weighted by Gasteiger charge is 2.17. The molecule has 0 saturated carbocycles. The summed E-state index contributed by atoms with van der Waals surface area (Å²) < 4.78 is 18.1. The predicted molar refractivity (Wildman–Crippen MR) is 160 cm³/mol. The number of para-hydroxylation sites is 1. The Morgan fingerprint density at radius 3 is 1.23 bits per heavy atom. The van der Waals surface area contributed by atoms with Crippen molar-refractivity contribution in [1.82, 2.24) is 0 Å². The quantitative estimate of drug-likeness (QED) is 0.180. The first-order valence-electron chi connectivity index (χ1n) is 13.8. The van der Waals surface area contributed by atoms with Gasteiger partial charge >= 0.3 is 0 Å². The van der Waals surface area contributed by atoms with Crippen molar-refractivity contribution in [3.63, 3.8) is 0 Å². The van der Waals surface area contributed by atoms with Gasteiger partial charge in [0.05, 0.1) is 0 Å². The minimum absolute atomic E-state index is 0.0385. The number of benzene rings is 4. The second kappa shape index (κ2) is 13.9. The molecule has 0 aliphatic heterocycles. The number of aliphatic hydroxyl groups excluding tert-OH is 2.